The van der Waals surface area contributed by atoms with Crippen LogP contribution in [0.25, 0.3) is 0 Å². The first-order valence-corrected chi connectivity index (χ1v) is 8.09. The van der Waals surface area contributed by atoms with Crippen LogP contribution in [0.5, 0.6) is 0 Å². The van der Waals surface area contributed by atoms with Crippen molar-refractivity contribution in [2.75, 3.05) is 6.61 Å². The Morgan fingerprint density at radius 3 is 2.74 bits per heavy atom. The summed E-state index contributed by atoms with van der Waals surface area (Å²) in [5.74, 6) is -0.413. The van der Waals surface area contributed by atoms with E-state index in [0.717, 1.165) is 5.57 Å². The molecule has 23 heavy (non-hydrogen) atoms. The Morgan fingerprint density at radius 1 is 1.48 bits per heavy atom. The van der Waals surface area contributed by atoms with Crippen LogP contribution >= 0.6 is 0 Å². The minimum absolute atomic E-state index is 0.00137. The molecule has 6 nitrogen and oxygen atoms in total. The van der Waals surface area contributed by atoms with Crippen LogP contribution in [0.4, 0.5) is 0 Å². The van der Waals surface area contributed by atoms with Crippen molar-refractivity contribution >= 4 is 11.8 Å². The number of rotatable bonds is 2. The zero-order valence-electron chi connectivity index (χ0n) is 13.8. The van der Waals surface area contributed by atoms with E-state index in [1.807, 2.05) is 6.92 Å². The third-order valence-electron chi connectivity index (χ3n) is 6.43. The van der Waals surface area contributed by atoms with Crippen LogP contribution in [0, 0.1) is 11.3 Å². The third kappa shape index (κ3) is 1.74. The van der Waals surface area contributed by atoms with Gasteiger partial charge in [-0.25, -0.2) is 0 Å². The molecule has 3 fully saturated rings. The topological polar surface area (TPSA) is 88.7 Å². The maximum Gasteiger partial charge on any atom is 0.303 e. The van der Waals surface area contributed by atoms with Gasteiger partial charge in [0.2, 0.25) is 0 Å². The number of aliphatic hydroxyl groups excluding tert-OH is 1. The number of ketones is 1. The normalized spacial score (nSPS) is 53.3. The summed E-state index contributed by atoms with van der Waals surface area (Å²) in [4.78, 5) is 24.0. The van der Waals surface area contributed by atoms with E-state index >= 15 is 0 Å². The molecule has 0 aromatic carbocycles. The Labute approximate surface area is 134 Å². The molecule has 0 aromatic rings. The summed E-state index contributed by atoms with van der Waals surface area (Å²) in [5, 5.41) is 9.59. The van der Waals surface area contributed by atoms with Crippen LogP contribution in [0.15, 0.2) is 11.6 Å². The smallest absolute Gasteiger partial charge is 0.303 e. The van der Waals surface area contributed by atoms with Gasteiger partial charge in [-0.05, 0) is 25.0 Å². The third-order valence-corrected chi connectivity index (χ3v) is 6.43. The number of carbonyl (C=O) groups is 2. The molecular formula is C17H22O6. The molecule has 0 unspecified atom stereocenters. The summed E-state index contributed by atoms with van der Waals surface area (Å²) >= 11 is 0. The summed E-state index contributed by atoms with van der Waals surface area (Å²) in [6.07, 6.45) is 1.51. The van der Waals surface area contributed by atoms with E-state index in [4.69, 9.17) is 14.2 Å². The SMILES string of the molecule is CC(=O)O[C@H]1[C@H]2O[C@H]2C2=CC(=O)[C@]3(C[C@]2(C)[C@H]1C)O[C@]3(C)CO. The first-order valence-electron chi connectivity index (χ1n) is 8.09. The van der Waals surface area contributed by atoms with Crippen molar-refractivity contribution in [1.82, 2.24) is 0 Å². The highest BCUT2D eigenvalue weighted by Crippen LogP contribution is 2.65. The van der Waals surface area contributed by atoms with E-state index in [-0.39, 0.29) is 48.0 Å². The number of esters is 1. The number of ether oxygens (including phenoxy) is 3. The number of aliphatic hydroxyl groups is 1. The average molecular weight is 322 g/mol. The molecule has 1 spiro atoms. The van der Waals surface area contributed by atoms with Gasteiger partial charge in [0.05, 0.1) is 6.61 Å². The van der Waals surface area contributed by atoms with Gasteiger partial charge in [-0.3, -0.25) is 9.59 Å². The molecule has 126 valence electrons. The molecule has 2 aliphatic carbocycles. The van der Waals surface area contributed by atoms with Crippen LogP contribution in [0.2, 0.25) is 0 Å². The lowest BCUT2D eigenvalue weighted by Crippen LogP contribution is -2.53. The lowest BCUT2D eigenvalue weighted by atomic mass is 9.56. The van der Waals surface area contributed by atoms with E-state index in [1.165, 1.54) is 6.92 Å². The van der Waals surface area contributed by atoms with Crippen molar-refractivity contribution < 1.29 is 28.9 Å². The Hall–Kier alpha value is -1.24. The van der Waals surface area contributed by atoms with Crippen molar-refractivity contribution in [3.8, 4) is 0 Å². The van der Waals surface area contributed by atoms with Gasteiger partial charge < -0.3 is 19.3 Å². The molecule has 1 N–H and O–H groups in total. The van der Waals surface area contributed by atoms with Gasteiger partial charge in [-0.15, -0.1) is 0 Å². The summed E-state index contributed by atoms with van der Waals surface area (Å²) in [5.41, 5.74) is -1.17. The minimum Gasteiger partial charge on any atom is -0.459 e. The van der Waals surface area contributed by atoms with Gasteiger partial charge in [0.15, 0.2) is 11.4 Å². The van der Waals surface area contributed by atoms with Crippen molar-refractivity contribution in [3.63, 3.8) is 0 Å². The van der Waals surface area contributed by atoms with E-state index in [0.29, 0.717) is 6.42 Å². The lowest BCUT2D eigenvalue weighted by molar-refractivity contribution is -0.153. The van der Waals surface area contributed by atoms with Gasteiger partial charge >= 0.3 is 5.97 Å². The predicted octanol–water partition coefficient (Wildman–Crippen LogP) is 0.761. The number of fused-ring (bicyclic) bond motifs is 3. The minimum atomic E-state index is -0.962. The molecule has 6 heteroatoms. The Morgan fingerprint density at radius 2 is 2.17 bits per heavy atom. The Balaban J connectivity index is 1.73. The fourth-order valence-corrected chi connectivity index (χ4v) is 4.64. The van der Waals surface area contributed by atoms with E-state index in [9.17, 15) is 14.7 Å². The first-order chi connectivity index (χ1) is 10.7. The molecular weight excluding hydrogens is 300 g/mol. The van der Waals surface area contributed by atoms with Gasteiger partial charge in [-0.1, -0.05) is 13.8 Å². The maximum absolute atomic E-state index is 12.6. The van der Waals surface area contributed by atoms with Crippen LogP contribution in [-0.2, 0) is 23.8 Å². The number of carbonyl (C=O) groups excluding carboxylic acids is 2. The molecule has 0 aromatic heterocycles. The molecule has 0 radical (unpaired) electrons. The second kappa shape index (κ2) is 4.23. The van der Waals surface area contributed by atoms with Crippen LogP contribution in [0.3, 0.4) is 0 Å². The number of epoxide rings is 2. The molecule has 2 saturated heterocycles. The van der Waals surface area contributed by atoms with Crippen LogP contribution < -0.4 is 0 Å². The molecule has 2 aliphatic heterocycles. The number of hydrogen-bond donors (Lipinski definition) is 1. The standard InChI is InChI=1S/C17H22O6/c1-8-12(21-9(2)19)14-13(22-14)10-5-11(20)17(6-15(8,10)3)16(4,7-18)23-17/h5,8,12-14,18H,6-7H2,1-4H3/t8-,12+,13-,14+,15+,16+,17-/m0/s1. The van der Waals surface area contributed by atoms with Crippen LogP contribution in [-0.4, -0.2) is 53.0 Å². The van der Waals surface area contributed by atoms with E-state index in [2.05, 4.69) is 6.92 Å². The molecule has 1 saturated carbocycles. The van der Waals surface area contributed by atoms with Crippen molar-refractivity contribution in [2.45, 2.75) is 63.6 Å². The Bertz CT molecular complexity index is 641. The molecule has 0 amide bonds. The van der Waals surface area contributed by atoms with Crippen molar-refractivity contribution in [1.29, 1.82) is 0 Å². The summed E-state index contributed by atoms with van der Waals surface area (Å²) in [6, 6.07) is 0. The maximum atomic E-state index is 12.6. The summed E-state index contributed by atoms with van der Waals surface area (Å²) < 4.78 is 17.0. The first kappa shape index (κ1) is 15.3. The summed E-state index contributed by atoms with van der Waals surface area (Å²) in [7, 11) is 0. The monoisotopic (exact) mass is 322 g/mol. The van der Waals surface area contributed by atoms with Gasteiger partial charge in [0.1, 0.15) is 23.9 Å². The Kier molecular flexibility index (Phi) is 2.82. The highest BCUT2D eigenvalue weighted by molar-refractivity contribution is 6.02. The fourth-order valence-electron chi connectivity index (χ4n) is 4.64. The predicted molar refractivity (Wildman–Crippen MR) is 78.5 cm³/mol. The molecule has 4 rings (SSSR count). The molecule has 0 bridgehead atoms. The molecule has 4 aliphatic rings. The van der Waals surface area contributed by atoms with Gasteiger partial charge in [0, 0.05) is 18.3 Å². The van der Waals surface area contributed by atoms with E-state index in [1.54, 1.807) is 13.0 Å². The van der Waals surface area contributed by atoms with Gasteiger partial charge in [0.25, 0.3) is 0 Å². The molecule has 7 atom stereocenters. The highest BCUT2D eigenvalue weighted by Gasteiger charge is 2.76. The summed E-state index contributed by atoms with van der Waals surface area (Å²) in [6.45, 7) is 7.08. The average Bonchev–Trinajstić information content (AvgIpc) is 3.36. The fraction of sp³-hybridized carbons (Fsp3) is 0.765. The zero-order chi connectivity index (χ0) is 16.8. The lowest BCUT2D eigenvalue weighted by Gasteiger charge is -2.47. The second-order valence-corrected chi connectivity index (χ2v) is 7.76. The van der Waals surface area contributed by atoms with Crippen LogP contribution in [0.1, 0.15) is 34.1 Å². The second-order valence-electron chi connectivity index (χ2n) is 7.76. The highest BCUT2D eigenvalue weighted by atomic mass is 16.6. The zero-order valence-corrected chi connectivity index (χ0v) is 13.8. The largest absolute Gasteiger partial charge is 0.459 e. The quantitative estimate of drug-likeness (QED) is 0.596. The van der Waals surface area contributed by atoms with Gasteiger partial charge in [-0.2, -0.15) is 0 Å². The molecule has 2 heterocycles. The van der Waals surface area contributed by atoms with E-state index < -0.39 is 11.2 Å². The van der Waals surface area contributed by atoms with Crippen molar-refractivity contribution in [2.24, 2.45) is 11.3 Å². The van der Waals surface area contributed by atoms with Crippen molar-refractivity contribution in [3.05, 3.63) is 11.6 Å². The number of hydrogen-bond acceptors (Lipinski definition) is 6.